The zero-order valence-electron chi connectivity index (χ0n) is 7.98. The Morgan fingerprint density at radius 2 is 2.07 bits per heavy atom. The second-order valence-corrected chi connectivity index (χ2v) is 3.36. The molecule has 0 fully saturated rings. The smallest absolute Gasteiger partial charge is 0.150 e. The van der Waals surface area contributed by atoms with Crippen molar-refractivity contribution in [3.63, 3.8) is 0 Å². The van der Waals surface area contributed by atoms with Crippen LogP contribution in [0.25, 0.3) is 10.9 Å². The minimum atomic E-state index is -0.271. The minimum absolute atomic E-state index is 0.271. The van der Waals surface area contributed by atoms with Crippen molar-refractivity contribution < 1.29 is 4.39 Å². The van der Waals surface area contributed by atoms with Gasteiger partial charge in [-0.15, -0.1) is 0 Å². The van der Waals surface area contributed by atoms with Gasteiger partial charge in [-0.2, -0.15) is 5.26 Å². The van der Waals surface area contributed by atoms with Crippen molar-refractivity contribution in [3.8, 4) is 6.07 Å². The fourth-order valence-electron chi connectivity index (χ4n) is 1.61. The number of aryl methyl sites for hydroxylation is 2. The van der Waals surface area contributed by atoms with Gasteiger partial charge in [0.25, 0.3) is 0 Å². The number of hydrogen-bond acceptors (Lipinski definition) is 1. The first-order valence-electron chi connectivity index (χ1n) is 4.32. The molecule has 0 saturated heterocycles. The van der Waals surface area contributed by atoms with Gasteiger partial charge in [-0.3, -0.25) is 0 Å². The lowest BCUT2D eigenvalue weighted by atomic mass is 10.1. The maximum atomic E-state index is 13.6. The van der Waals surface area contributed by atoms with Crippen LogP contribution in [0.15, 0.2) is 12.1 Å². The van der Waals surface area contributed by atoms with E-state index in [9.17, 15) is 4.39 Å². The summed E-state index contributed by atoms with van der Waals surface area (Å²) < 4.78 is 13.6. The van der Waals surface area contributed by atoms with Crippen LogP contribution >= 0.6 is 0 Å². The van der Waals surface area contributed by atoms with Crippen LogP contribution in [0.2, 0.25) is 0 Å². The van der Waals surface area contributed by atoms with Gasteiger partial charge in [0.15, 0.2) is 0 Å². The molecule has 0 spiro atoms. The summed E-state index contributed by atoms with van der Waals surface area (Å²) in [4.78, 5) is 2.89. The standard InChI is InChI=1S/C11H9FN2/c1-6-3-4-8-9(5-13)7(2)14-11(8)10(6)12/h3-4,14H,1-2H3. The molecule has 0 aliphatic rings. The second kappa shape index (κ2) is 2.85. The quantitative estimate of drug-likeness (QED) is 0.678. The normalized spacial score (nSPS) is 10.4. The maximum absolute atomic E-state index is 13.6. The number of nitrogens with one attached hydrogen (secondary N) is 1. The zero-order valence-corrected chi connectivity index (χ0v) is 7.98. The molecule has 0 unspecified atom stereocenters. The van der Waals surface area contributed by atoms with Crippen LogP contribution in [0, 0.1) is 31.0 Å². The van der Waals surface area contributed by atoms with E-state index in [1.807, 2.05) is 0 Å². The predicted molar refractivity (Wildman–Crippen MR) is 52.4 cm³/mol. The lowest BCUT2D eigenvalue weighted by Crippen LogP contribution is -1.83. The van der Waals surface area contributed by atoms with E-state index in [1.54, 1.807) is 26.0 Å². The molecule has 2 aromatic rings. The van der Waals surface area contributed by atoms with Gasteiger partial charge in [0.05, 0.1) is 11.1 Å². The zero-order chi connectivity index (χ0) is 10.3. The maximum Gasteiger partial charge on any atom is 0.150 e. The van der Waals surface area contributed by atoms with Crippen LogP contribution in [-0.4, -0.2) is 4.98 Å². The number of fused-ring (bicyclic) bond motifs is 1. The molecule has 14 heavy (non-hydrogen) atoms. The van der Waals surface area contributed by atoms with Crippen molar-refractivity contribution in [2.24, 2.45) is 0 Å². The van der Waals surface area contributed by atoms with Crippen molar-refractivity contribution in [2.75, 3.05) is 0 Å². The molecule has 70 valence electrons. The van der Waals surface area contributed by atoms with Crippen molar-refractivity contribution in [2.45, 2.75) is 13.8 Å². The SMILES string of the molecule is Cc1ccc2c(C#N)c(C)[nH]c2c1F. The number of H-pyrrole nitrogens is 1. The summed E-state index contributed by atoms with van der Waals surface area (Å²) in [6, 6.07) is 5.53. The van der Waals surface area contributed by atoms with E-state index in [1.165, 1.54) is 0 Å². The minimum Gasteiger partial charge on any atom is -0.355 e. The molecule has 1 heterocycles. The fourth-order valence-corrected chi connectivity index (χ4v) is 1.61. The number of nitriles is 1. The van der Waals surface area contributed by atoms with E-state index >= 15 is 0 Å². The Kier molecular flexibility index (Phi) is 1.78. The Morgan fingerprint density at radius 1 is 1.36 bits per heavy atom. The highest BCUT2D eigenvalue weighted by molar-refractivity contribution is 5.88. The number of hydrogen-bond donors (Lipinski definition) is 1. The van der Waals surface area contributed by atoms with Gasteiger partial charge >= 0.3 is 0 Å². The number of aromatic nitrogens is 1. The van der Waals surface area contributed by atoms with Crippen LogP contribution < -0.4 is 0 Å². The van der Waals surface area contributed by atoms with Crippen LogP contribution in [-0.2, 0) is 0 Å². The molecule has 0 amide bonds. The summed E-state index contributed by atoms with van der Waals surface area (Å²) in [6.07, 6.45) is 0. The highest BCUT2D eigenvalue weighted by atomic mass is 19.1. The summed E-state index contributed by atoms with van der Waals surface area (Å²) in [5.74, 6) is -0.271. The highest BCUT2D eigenvalue weighted by Gasteiger charge is 2.12. The number of benzene rings is 1. The largest absolute Gasteiger partial charge is 0.355 e. The fraction of sp³-hybridized carbons (Fsp3) is 0.182. The molecule has 0 aliphatic heterocycles. The van der Waals surface area contributed by atoms with Gasteiger partial charge < -0.3 is 4.98 Å². The van der Waals surface area contributed by atoms with E-state index in [2.05, 4.69) is 11.1 Å². The average Bonchev–Trinajstić information content (AvgIpc) is 2.49. The van der Waals surface area contributed by atoms with Gasteiger partial charge in [-0.05, 0) is 19.4 Å². The van der Waals surface area contributed by atoms with Crippen molar-refractivity contribution in [3.05, 3.63) is 34.8 Å². The van der Waals surface area contributed by atoms with Gasteiger partial charge in [0, 0.05) is 11.1 Å². The molecule has 0 saturated carbocycles. The second-order valence-electron chi connectivity index (χ2n) is 3.36. The third-order valence-corrected chi connectivity index (χ3v) is 2.40. The highest BCUT2D eigenvalue weighted by Crippen LogP contribution is 2.25. The molecule has 2 rings (SSSR count). The molecular formula is C11H9FN2. The van der Waals surface area contributed by atoms with Crippen LogP contribution in [0.3, 0.4) is 0 Å². The Labute approximate surface area is 81.0 Å². The molecule has 0 aliphatic carbocycles. The van der Waals surface area contributed by atoms with Crippen LogP contribution in [0.5, 0.6) is 0 Å². The molecule has 1 aromatic heterocycles. The summed E-state index contributed by atoms with van der Waals surface area (Å²) in [7, 11) is 0. The number of halogens is 1. The van der Waals surface area contributed by atoms with Gasteiger partial charge in [0.1, 0.15) is 11.9 Å². The first-order chi connectivity index (χ1) is 6.65. The first kappa shape index (κ1) is 8.76. The van der Waals surface area contributed by atoms with Crippen molar-refractivity contribution >= 4 is 10.9 Å². The Bertz CT molecular complexity index is 546. The lowest BCUT2D eigenvalue weighted by molar-refractivity contribution is 0.628. The van der Waals surface area contributed by atoms with Gasteiger partial charge in [-0.1, -0.05) is 12.1 Å². The summed E-state index contributed by atoms with van der Waals surface area (Å²) in [5, 5.41) is 9.53. The summed E-state index contributed by atoms with van der Waals surface area (Å²) >= 11 is 0. The average molecular weight is 188 g/mol. The molecule has 1 N–H and O–H groups in total. The lowest BCUT2D eigenvalue weighted by Gasteiger charge is -1.96. The van der Waals surface area contributed by atoms with E-state index in [4.69, 9.17) is 5.26 Å². The molecule has 0 atom stereocenters. The number of nitrogens with zero attached hydrogens (tertiary/aromatic N) is 1. The molecule has 1 aromatic carbocycles. The van der Waals surface area contributed by atoms with E-state index < -0.39 is 0 Å². The van der Waals surface area contributed by atoms with Crippen LogP contribution in [0.1, 0.15) is 16.8 Å². The van der Waals surface area contributed by atoms with Gasteiger partial charge in [0.2, 0.25) is 0 Å². The summed E-state index contributed by atoms with van der Waals surface area (Å²) in [5.41, 5.74) is 2.26. The molecule has 2 nitrogen and oxygen atoms in total. The van der Waals surface area contributed by atoms with Crippen molar-refractivity contribution in [1.29, 1.82) is 5.26 Å². The van der Waals surface area contributed by atoms with E-state index in [0.717, 1.165) is 0 Å². The molecule has 3 heteroatoms. The number of rotatable bonds is 0. The third kappa shape index (κ3) is 1.01. The molecular weight excluding hydrogens is 179 g/mol. The van der Waals surface area contributed by atoms with E-state index in [0.29, 0.717) is 27.7 Å². The van der Waals surface area contributed by atoms with Gasteiger partial charge in [-0.25, -0.2) is 4.39 Å². The Morgan fingerprint density at radius 3 is 2.71 bits per heavy atom. The Hall–Kier alpha value is -1.82. The molecule has 0 bridgehead atoms. The van der Waals surface area contributed by atoms with Crippen LogP contribution in [0.4, 0.5) is 4.39 Å². The Balaban J connectivity index is 2.96. The van der Waals surface area contributed by atoms with E-state index in [-0.39, 0.29) is 5.82 Å². The monoisotopic (exact) mass is 188 g/mol. The summed E-state index contributed by atoms with van der Waals surface area (Å²) in [6.45, 7) is 3.48. The van der Waals surface area contributed by atoms with Crippen molar-refractivity contribution in [1.82, 2.24) is 4.98 Å². The topological polar surface area (TPSA) is 39.6 Å². The molecule has 0 radical (unpaired) electrons. The number of aromatic amines is 1. The predicted octanol–water partition coefficient (Wildman–Crippen LogP) is 2.80. The first-order valence-corrected chi connectivity index (χ1v) is 4.32. The third-order valence-electron chi connectivity index (χ3n) is 2.40.